The Morgan fingerprint density at radius 3 is 2.63 bits per heavy atom. The Labute approximate surface area is 118 Å². The van der Waals surface area contributed by atoms with Crippen molar-refractivity contribution in [2.45, 2.75) is 18.8 Å². The van der Waals surface area contributed by atoms with Crippen LogP contribution in [0.2, 0.25) is 10.0 Å². The molecule has 0 atom stereocenters. The maximum Gasteiger partial charge on any atom is 0.375 e. The molecule has 0 radical (unpaired) electrons. The lowest BCUT2D eigenvalue weighted by atomic mass is 10.3. The highest BCUT2D eigenvalue weighted by molar-refractivity contribution is 6.42. The van der Waals surface area contributed by atoms with Gasteiger partial charge in [0.2, 0.25) is 0 Å². The predicted octanol–water partition coefficient (Wildman–Crippen LogP) is 3.15. The summed E-state index contributed by atoms with van der Waals surface area (Å²) in [5.41, 5.74) is 0.663. The second-order valence-electron chi connectivity index (χ2n) is 4.38. The number of aromatic carboxylic acids is 1. The molecule has 7 heteroatoms. The van der Waals surface area contributed by atoms with Crippen LogP contribution in [0.5, 0.6) is 0 Å². The van der Waals surface area contributed by atoms with Crippen molar-refractivity contribution in [2.75, 3.05) is 0 Å². The van der Waals surface area contributed by atoms with Crippen molar-refractivity contribution < 1.29 is 9.90 Å². The molecule has 0 amide bonds. The number of benzene rings is 1. The minimum absolute atomic E-state index is 0.201. The molecule has 1 aromatic carbocycles. The zero-order valence-corrected chi connectivity index (χ0v) is 11.2. The lowest BCUT2D eigenvalue weighted by molar-refractivity contribution is 0.0683. The van der Waals surface area contributed by atoms with E-state index in [4.69, 9.17) is 28.3 Å². The third kappa shape index (κ3) is 2.31. The van der Waals surface area contributed by atoms with Gasteiger partial charge in [-0.3, -0.25) is 0 Å². The standard InChI is InChI=1S/C12H9Cl2N3O2/c13-8-4-3-7(5-9(8)14)17-11(6-1-2-6)15-10(16-17)12(18)19/h3-6H,1-2H2,(H,18,19). The molecular formula is C12H9Cl2N3O2. The molecular weight excluding hydrogens is 289 g/mol. The minimum atomic E-state index is -1.14. The zero-order valence-electron chi connectivity index (χ0n) is 9.68. The van der Waals surface area contributed by atoms with Gasteiger partial charge in [0.1, 0.15) is 5.82 Å². The van der Waals surface area contributed by atoms with Crippen LogP contribution in [0.15, 0.2) is 18.2 Å². The molecule has 1 heterocycles. The van der Waals surface area contributed by atoms with E-state index >= 15 is 0 Å². The quantitative estimate of drug-likeness (QED) is 0.945. The van der Waals surface area contributed by atoms with Gasteiger partial charge in [-0.25, -0.2) is 14.5 Å². The van der Waals surface area contributed by atoms with Crippen LogP contribution in [0, 0.1) is 0 Å². The molecule has 98 valence electrons. The fourth-order valence-electron chi connectivity index (χ4n) is 1.83. The highest BCUT2D eigenvalue weighted by atomic mass is 35.5. The van der Waals surface area contributed by atoms with E-state index in [9.17, 15) is 4.79 Å². The molecule has 0 aliphatic heterocycles. The van der Waals surface area contributed by atoms with Gasteiger partial charge in [-0.2, -0.15) is 0 Å². The molecule has 3 rings (SSSR count). The van der Waals surface area contributed by atoms with Crippen LogP contribution in [0.3, 0.4) is 0 Å². The van der Waals surface area contributed by atoms with E-state index in [-0.39, 0.29) is 11.7 Å². The van der Waals surface area contributed by atoms with E-state index in [1.54, 1.807) is 18.2 Å². The first-order valence-electron chi connectivity index (χ1n) is 5.72. The van der Waals surface area contributed by atoms with Gasteiger partial charge in [0.25, 0.3) is 5.82 Å². The Morgan fingerprint density at radius 1 is 1.32 bits per heavy atom. The molecule has 5 nitrogen and oxygen atoms in total. The van der Waals surface area contributed by atoms with E-state index in [1.807, 2.05) is 0 Å². The Morgan fingerprint density at radius 2 is 2.05 bits per heavy atom. The number of carboxylic acids is 1. The Bertz CT molecular complexity index is 665. The van der Waals surface area contributed by atoms with Gasteiger partial charge >= 0.3 is 5.97 Å². The molecule has 19 heavy (non-hydrogen) atoms. The maximum absolute atomic E-state index is 11.0. The van der Waals surface area contributed by atoms with Crippen molar-refractivity contribution >= 4 is 29.2 Å². The summed E-state index contributed by atoms with van der Waals surface area (Å²) < 4.78 is 1.53. The second-order valence-corrected chi connectivity index (χ2v) is 5.20. The number of carbonyl (C=O) groups is 1. The van der Waals surface area contributed by atoms with E-state index in [0.29, 0.717) is 21.6 Å². The van der Waals surface area contributed by atoms with Crippen molar-refractivity contribution in [3.8, 4) is 5.69 Å². The highest BCUT2D eigenvalue weighted by Crippen LogP contribution is 2.40. The van der Waals surface area contributed by atoms with Crippen molar-refractivity contribution in [3.05, 3.63) is 39.9 Å². The van der Waals surface area contributed by atoms with Crippen LogP contribution < -0.4 is 0 Å². The van der Waals surface area contributed by atoms with Crippen molar-refractivity contribution in [1.29, 1.82) is 0 Å². The number of hydrogen-bond acceptors (Lipinski definition) is 3. The number of rotatable bonds is 3. The van der Waals surface area contributed by atoms with Gasteiger partial charge < -0.3 is 5.11 Å². The van der Waals surface area contributed by atoms with Gasteiger partial charge in [0.05, 0.1) is 15.7 Å². The van der Waals surface area contributed by atoms with Crippen LogP contribution in [-0.2, 0) is 0 Å². The first-order valence-corrected chi connectivity index (χ1v) is 6.47. The van der Waals surface area contributed by atoms with Gasteiger partial charge in [0.15, 0.2) is 0 Å². The summed E-state index contributed by atoms with van der Waals surface area (Å²) in [6.07, 6.45) is 2.00. The summed E-state index contributed by atoms with van der Waals surface area (Å²) in [6, 6.07) is 5.04. The molecule has 1 aromatic heterocycles. The van der Waals surface area contributed by atoms with E-state index in [0.717, 1.165) is 12.8 Å². The summed E-state index contributed by atoms with van der Waals surface area (Å²) in [4.78, 5) is 15.1. The number of carboxylic acid groups (broad SMARTS) is 1. The average Bonchev–Trinajstić information content (AvgIpc) is 3.11. The largest absolute Gasteiger partial charge is 0.475 e. The van der Waals surface area contributed by atoms with Crippen molar-refractivity contribution in [3.63, 3.8) is 0 Å². The van der Waals surface area contributed by atoms with Crippen LogP contribution in [0.1, 0.15) is 35.2 Å². The summed E-state index contributed by atoms with van der Waals surface area (Å²) in [5, 5.41) is 13.8. The van der Waals surface area contributed by atoms with Crippen LogP contribution >= 0.6 is 23.2 Å². The lowest BCUT2D eigenvalue weighted by Crippen LogP contribution is -2.03. The first kappa shape index (κ1) is 12.4. The van der Waals surface area contributed by atoms with Crippen molar-refractivity contribution in [2.24, 2.45) is 0 Å². The van der Waals surface area contributed by atoms with Crippen LogP contribution in [-0.4, -0.2) is 25.8 Å². The number of nitrogens with zero attached hydrogens (tertiary/aromatic N) is 3. The normalized spacial score (nSPS) is 14.6. The molecule has 0 spiro atoms. The van der Waals surface area contributed by atoms with Gasteiger partial charge in [-0.1, -0.05) is 23.2 Å². The van der Waals surface area contributed by atoms with Gasteiger partial charge in [-0.05, 0) is 31.0 Å². The third-order valence-electron chi connectivity index (χ3n) is 2.91. The number of halogens is 2. The van der Waals surface area contributed by atoms with E-state index < -0.39 is 5.97 Å². The highest BCUT2D eigenvalue weighted by Gasteiger charge is 2.31. The van der Waals surface area contributed by atoms with Gasteiger partial charge in [-0.15, -0.1) is 5.10 Å². The fraction of sp³-hybridized carbons (Fsp3) is 0.250. The lowest BCUT2D eigenvalue weighted by Gasteiger charge is -2.05. The zero-order chi connectivity index (χ0) is 13.6. The first-order chi connectivity index (χ1) is 9.06. The summed E-state index contributed by atoms with van der Waals surface area (Å²) in [5.74, 6) is -0.403. The van der Waals surface area contributed by atoms with Crippen molar-refractivity contribution in [1.82, 2.24) is 14.8 Å². The molecule has 0 unspecified atom stereocenters. The number of aromatic nitrogens is 3. The molecule has 1 aliphatic rings. The molecule has 1 N–H and O–H groups in total. The smallest absolute Gasteiger partial charge is 0.375 e. The topological polar surface area (TPSA) is 68.0 Å². The summed E-state index contributed by atoms with van der Waals surface area (Å²) in [6.45, 7) is 0. The predicted molar refractivity (Wildman–Crippen MR) is 70.3 cm³/mol. The SMILES string of the molecule is O=C(O)c1nc(C2CC2)n(-c2ccc(Cl)c(Cl)c2)n1. The molecule has 1 aliphatic carbocycles. The van der Waals surface area contributed by atoms with Crippen LogP contribution in [0.25, 0.3) is 5.69 Å². The fourth-order valence-corrected chi connectivity index (χ4v) is 2.12. The van der Waals surface area contributed by atoms with Gasteiger partial charge in [0, 0.05) is 5.92 Å². The second kappa shape index (κ2) is 4.51. The minimum Gasteiger partial charge on any atom is -0.475 e. The Balaban J connectivity index is 2.12. The third-order valence-corrected chi connectivity index (χ3v) is 3.65. The monoisotopic (exact) mass is 297 g/mol. The molecule has 1 fully saturated rings. The van der Waals surface area contributed by atoms with E-state index in [2.05, 4.69) is 10.1 Å². The maximum atomic E-state index is 11.0. The molecule has 0 bridgehead atoms. The van der Waals surface area contributed by atoms with Crippen LogP contribution in [0.4, 0.5) is 0 Å². The Kier molecular flexibility index (Phi) is 2.95. The summed E-state index contributed by atoms with van der Waals surface area (Å²) in [7, 11) is 0. The molecule has 2 aromatic rings. The molecule has 0 saturated heterocycles. The number of hydrogen-bond donors (Lipinski definition) is 1. The van der Waals surface area contributed by atoms with E-state index in [1.165, 1.54) is 4.68 Å². The Hall–Kier alpha value is -1.59. The average molecular weight is 298 g/mol. The summed E-state index contributed by atoms with van der Waals surface area (Å²) >= 11 is 11.8. The molecule has 1 saturated carbocycles.